The topological polar surface area (TPSA) is 46.3 Å². The van der Waals surface area contributed by atoms with E-state index in [9.17, 15) is 0 Å². The van der Waals surface area contributed by atoms with Gasteiger partial charge in [0.1, 0.15) is 5.69 Å². The lowest BCUT2D eigenvalue weighted by molar-refractivity contribution is 0.275. The molecule has 0 saturated heterocycles. The Bertz CT molecular complexity index is 209. The summed E-state index contributed by atoms with van der Waals surface area (Å²) in [5.74, 6) is 0.561. The Balaban J connectivity index is 3.01. The number of aryl methyl sites for hydroxylation is 1. The van der Waals surface area contributed by atoms with E-state index in [1.54, 1.807) is 6.92 Å². The molecule has 0 aliphatic heterocycles. The number of rotatable bonds is 1. The van der Waals surface area contributed by atoms with Crippen LogP contribution in [0, 0.1) is 6.92 Å². The highest BCUT2D eigenvalue weighted by molar-refractivity contribution is 9.10. The van der Waals surface area contributed by atoms with Gasteiger partial charge in [-0.1, -0.05) is 0 Å². The predicted octanol–water partition coefficient (Wildman–Crippen LogP) is 1.24. The molecule has 0 aromatic carbocycles. The van der Waals surface area contributed by atoms with Gasteiger partial charge in [0, 0.05) is 6.92 Å². The van der Waals surface area contributed by atoms with E-state index in [1.807, 2.05) is 0 Å². The summed E-state index contributed by atoms with van der Waals surface area (Å²) >= 11 is 3.09. The highest BCUT2D eigenvalue weighted by atomic mass is 79.9. The Hall–Kier alpha value is -0.350. The van der Waals surface area contributed by atoms with Gasteiger partial charge in [0.2, 0.25) is 0 Å². The average molecular weight is 192 g/mol. The largest absolute Gasteiger partial charge is 0.434 e. The Kier molecular flexibility index (Phi) is 1.87. The first-order valence-corrected chi connectivity index (χ1v) is 3.26. The molecule has 4 heteroatoms. The van der Waals surface area contributed by atoms with Crippen LogP contribution in [0.5, 0.6) is 0 Å². The molecule has 1 rings (SSSR count). The van der Waals surface area contributed by atoms with Gasteiger partial charge in [-0.05, 0) is 15.9 Å². The van der Waals surface area contributed by atoms with Crippen molar-refractivity contribution in [3.63, 3.8) is 0 Å². The number of halogens is 1. The molecule has 1 aromatic rings. The summed E-state index contributed by atoms with van der Waals surface area (Å²) in [5.41, 5.74) is 0.549. The van der Waals surface area contributed by atoms with Crippen LogP contribution in [-0.4, -0.2) is 10.1 Å². The highest BCUT2D eigenvalue weighted by Crippen LogP contribution is 2.16. The van der Waals surface area contributed by atoms with Crippen molar-refractivity contribution in [2.24, 2.45) is 0 Å². The van der Waals surface area contributed by atoms with Gasteiger partial charge >= 0.3 is 0 Å². The predicted molar refractivity (Wildman–Crippen MR) is 34.9 cm³/mol. The fourth-order valence-electron chi connectivity index (χ4n) is 0.543. The zero-order valence-corrected chi connectivity index (χ0v) is 6.47. The molecule has 1 N–H and O–H groups in total. The second-order valence-corrected chi connectivity index (χ2v) is 2.33. The molecule has 0 bridgehead atoms. The van der Waals surface area contributed by atoms with Gasteiger partial charge in [-0.3, -0.25) is 0 Å². The van der Waals surface area contributed by atoms with Crippen LogP contribution in [0.25, 0.3) is 0 Å². The van der Waals surface area contributed by atoms with Crippen LogP contribution in [0.15, 0.2) is 9.09 Å². The second kappa shape index (κ2) is 2.49. The van der Waals surface area contributed by atoms with E-state index < -0.39 is 0 Å². The summed E-state index contributed by atoms with van der Waals surface area (Å²) in [6, 6.07) is 0. The molecule has 0 atom stereocenters. The van der Waals surface area contributed by atoms with Crippen LogP contribution in [0.3, 0.4) is 0 Å². The van der Waals surface area contributed by atoms with Crippen molar-refractivity contribution in [3.8, 4) is 0 Å². The summed E-state index contributed by atoms with van der Waals surface area (Å²) in [6.45, 7) is 1.64. The molecule has 0 aliphatic carbocycles. The molecule has 0 fully saturated rings. The third-order valence-electron chi connectivity index (χ3n) is 0.906. The monoisotopic (exact) mass is 191 g/mol. The summed E-state index contributed by atoms with van der Waals surface area (Å²) in [4.78, 5) is 3.87. The Morgan fingerprint density at radius 2 is 2.44 bits per heavy atom. The SMILES string of the molecule is Cc1nc(CO)c(Br)o1. The normalized spacial score (nSPS) is 10.1. The van der Waals surface area contributed by atoms with Crippen molar-refractivity contribution in [2.75, 3.05) is 0 Å². The summed E-state index contributed by atoms with van der Waals surface area (Å²) in [6.07, 6.45) is 0. The van der Waals surface area contributed by atoms with Crippen molar-refractivity contribution in [1.29, 1.82) is 0 Å². The number of nitrogens with zero attached hydrogens (tertiary/aromatic N) is 1. The van der Waals surface area contributed by atoms with Crippen molar-refractivity contribution < 1.29 is 9.52 Å². The molecule has 0 spiro atoms. The van der Waals surface area contributed by atoms with E-state index in [1.165, 1.54) is 0 Å². The van der Waals surface area contributed by atoms with Crippen LogP contribution in [0.4, 0.5) is 0 Å². The smallest absolute Gasteiger partial charge is 0.195 e. The quantitative estimate of drug-likeness (QED) is 0.727. The Labute approximate surface area is 60.8 Å². The van der Waals surface area contributed by atoms with Crippen LogP contribution < -0.4 is 0 Å². The zero-order valence-electron chi connectivity index (χ0n) is 4.89. The molecule has 0 radical (unpaired) electrons. The molecule has 0 amide bonds. The van der Waals surface area contributed by atoms with Gasteiger partial charge < -0.3 is 9.52 Å². The van der Waals surface area contributed by atoms with Gasteiger partial charge in [0.25, 0.3) is 0 Å². The van der Waals surface area contributed by atoms with Gasteiger partial charge in [-0.25, -0.2) is 4.98 Å². The molecule has 9 heavy (non-hydrogen) atoms. The molecule has 0 unspecified atom stereocenters. The first-order chi connectivity index (χ1) is 4.24. The molecular formula is C5H6BrNO2. The number of hydrogen-bond donors (Lipinski definition) is 1. The molecule has 50 valence electrons. The minimum Gasteiger partial charge on any atom is -0.434 e. The Morgan fingerprint density at radius 1 is 1.78 bits per heavy atom. The molecular weight excluding hydrogens is 186 g/mol. The van der Waals surface area contributed by atoms with E-state index in [2.05, 4.69) is 20.9 Å². The number of aliphatic hydroxyl groups excluding tert-OH is 1. The minimum absolute atomic E-state index is 0.0854. The number of aliphatic hydroxyl groups is 1. The minimum atomic E-state index is -0.0854. The van der Waals surface area contributed by atoms with Gasteiger partial charge in [-0.15, -0.1) is 0 Å². The maximum Gasteiger partial charge on any atom is 0.195 e. The summed E-state index contributed by atoms with van der Waals surface area (Å²) < 4.78 is 5.47. The zero-order chi connectivity index (χ0) is 6.85. The van der Waals surface area contributed by atoms with Gasteiger partial charge in [0.05, 0.1) is 6.61 Å². The average Bonchev–Trinajstić information content (AvgIpc) is 2.10. The summed E-state index contributed by atoms with van der Waals surface area (Å²) in [5, 5.41) is 8.58. The number of aromatic nitrogens is 1. The lowest BCUT2D eigenvalue weighted by Crippen LogP contribution is -1.82. The fourth-order valence-corrected chi connectivity index (χ4v) is 0.991. The van der Waals surface area contributed by atoms with E-state index >= 15 is 0 Å². The Morgan fingerprint density at radius 3 is 2.67 bits per heavy atom. The fraction of sp³-hybridized carbons (Fsp3) is 0.400. The second-order valence-electron chi connectivity index (χ2n) is 1.61. The molecule has 0 saturated carbocycles. The first-order valence-electron chi connectivity index (χ1n) is 2.46. The van der Waals surface area contributed by atoms with Crippen molar-refractivity contribution in [3.05, 3.63) is 16.3 Å². The summed E-state index contributed by atoms with van der Waals surface area (Å²) in [7, 11) is 0. The van der Waals surface area contributed by atoms with Crippen LogP contribution in [0.2, 0.25) is 0 Å². The number of oxazole rings is 1. The number of hydrogen-bond acceptors (Lipinski definition) is 3. The van der Waals surface area contributed by atoms with E-state index in [0.717, 1.165) is 0 Å². The molecule has 3 nitrogen and oxygen atoms in total. The highest BCUT2D eigenvalue weighted by Gasteiger charge is 2.04. The van der Waals surface area contributed by atoms with Crippen molar-refractivity contribution >= 4 is 15.9 Å². The van der Waals surface area contributed by atoms with Crippen molar-refractivity contribution in [2.45, 2.75) is 13.5 Å². The van der Waals surface area contributed by atoms with E-state index in [-0.39, 0.29) is 6.61 Å². The third-order valence-corrected chi connectivity index (χ3v) is 1.53. The van der Waals surface area contributed by atoms with Crippen LogP contribution >= 0.6 is 15.9 Å². The standard InChI is InChI=1S/C5H6BrNO2/c1-3-7-4(2-8)5(6)9-3/h8H,2H2,1H3. The van der Waals surface area contributed by atoms with Crippen LogP contribution in [-0.2, 0) is 6.61 Å². The maximum absolute atomic E-state index is 8.58. The van der Waals surface area contributed by atoms with Crippen molar-refractivity contribution in [1.82, 2.24) is 4.98 Å². The van der Waals surface area contributed by atoms with Crippen LogP contribution in [0.1, 0.15) is 11.6 Å². The molecule has 1 heterocycles. The van der Waals surface area contributed by atoms with Gasteiger partial charge in [0.15, 0.2) is 10.6 Å². The van der Waals surface area contributed by atoms with E-state index in [4.69, 9.17) is 9.52 Å². The first kappa shape index (κ1) is 6.77. The van der Waals surface area contributed by atoms with Gasteiger partial charge in [-0.2, -0.15) is 0 Å². The maximum atomic E-state index is 8.58. The molecule has 1 aromatic heterocycles. The lowest BCUT2D eigenvalue weighted by Gasteiger charge is -1.81. The van der Waals surface area contributed by atoms with E-state index in [0.29, 0.717) is 16.3 Å². The molecule has 0 aliphatic rings. The lowest BCUT2D eigenvalue weighted by atomic mass is 10.5. The third kappa shape index (κ3) is 1.31.